The van der Waals surface area contributed by atoms with Crippen LogP contribution in [0.3, 0.4) is 0 Å². The first-order chi connectivity index (χ1) is 17.4. The van der Waals surface area contributed by atoms with Crippen LogP contribution in [0.15, 0.2) is 127 Å². The van der Waals surface area contributed by atoms with Crippen LogP contribution < -0.4 is 5.32 Å². The molecule has 0 fully saturated rings. The number of benzene rings is 4. The molecule has 4 aromatic carbocycles. The van der Waals surface area contributed by atoms with Gasteiger partial charge < -0.3 is 5.32 Å². The third-order valence-electron chi connectivity index (χ3n) is 7.59. The number of hydrogen-bond acceptors (Lipinski definition) is 1. The molecule has 36 heavy (non-hydrogen) atoms. The van der Waals surface area contributed by atoms with Crippen LogP contribution in [-0.4, -0.2) is 0 Å². The van der Waals surface area contributed by atoms with Crippen LogP contribution in [0.1, 0.15) is 47.2 Å². The summed E-state index contributed by atoms with van der Waals surface area (Å²) in [6.45, 7) is 13.4. The Morgan fingerprint density at radius 3 is 2.06 bits per heavy atom. The molecule has 0 bridgehead atoms. The van der Waals surface area contributed by atoms with Gasteiger partial charge in [0.05, 0.1) is 0 Å². The highest BCUT2D eigenvalue weighted by Crippen LogP contribution is 2.47. The van der Waals surface area contributed by atoms with E-state index in [-0.39, 0.29) is 0 Å². The predicted octanol–water partition coefficient (Wildman–Crippen LogP) is 9.30. The quantitative estimate of drug-likeness (QED) is 0.315. The van der Waals surface area contributed by atoms with Crippen LogP contribution in [0.25, 0.3) is 5.57 Å². The van der Waals surface area contributed by atoms with E-state index in [2.05, 4.69) is 149 Å². The van der Waals surface area contributed by atoms with Crippen LogP contribution in [0.5, 0.6) is 0 Å². The van der Waals surface area contributed by atoms with Crippen molar-refractivity contribution in [3.05, 3.63) is 160 Å². The molecule has 1 nitrogen and oxygen atoms in total. The molecule has 1 aliphatic rings. The van der Waals surface area contributed by atoms with Gasteiger partial charge in [0.15, 0.2) is 0 Å². The van der Waals surface area contributed by atoms with Crippen molar-refractivity contribution >= 4 is 16.9 Å². The summed E-state index contributed by atoms with van der Waals surface area (Å²) in [5, 5.41) is 3.68. The maximum atomic E-state index is 4.59. The summed E-state index contributed by atoms with van der Waals surface area (Å²) >= 11 is 0. The van der Waals surface area contributed by atoms with Gasteiger partial charge >= 0.3 is 0 Å². The highest BCUT2D eigenvalue weighted by atomic mass is 14.9. The van der Waals surface area contributed by atoms with Gasteiger partial charge in [-0.2, -0.15) is 0 Å². The molecule has 178 valence electrons. The summed E-state index contributed by atoms with van der Waals surface area (Å²) < 4.78 is 0. The van der Waals surface area contributed by atoms with E-state index in [4.69, 9.17) is 0 Å². The molecule has 0 saturated heterocycles. The first kappa shape index (κ1) is 23.6. The van der Waals surface area contributed by atoms with Crippen LogP contribution in [0.4, 0.5) is 11.4 Å². The lowest BCUT2D eigenvalue weighted by Gasteiger charge is -2.36. The van der Waals surface area contributed by atoms with E-state index in [0.717, 1.165) is 16.9 Å². The summed E-state index contributed by atoms with van der Waals surface area (Å²) in [6.07, 6.45) is 4.43. The third-order valence-corrected chi connectivity index (χ3v) is 7.59. The number of para-hydroxylation sites is 1. The molecule has 4 aromatic rings. The first-order valence-corrected chi connectivity index (χ1v) is 12.6. The van der Waals surface area contributed by atoms with Crippen molar-refractivity contribution in [2.24, 2.45) is 0 Å². The molecule has 0 aliphatic heterocycles. The Morgan fingerprint density at radius 2 is 1.33 bits per heavy atom. The highest BCUT2D eigenvalue weighted by molar-refractivity contribution is 5.89. The Bertz CT molecular complexity index is 1500. The molecule has 0 radical (unpaired) electrons. The highest BCUT2D eigenvalue weighted by Gasteiger charge is 2.35. The van der Waals surface area contributed by atoms with Crippen molar-refractivity contribution in [1.29, 1.82) is 0 Å². The van der Waals surface area contributed by atoms with E-state index < -0.39 is 5.41 Å². The van der Waals surface area contributed by atoms with Gasteiger partial charge in [-0.3, -0.25) is 0 Å². The van der Waals surface area contributed by atoms with Gasteiger partial charge in [-0.1, -0.05) is 97.6 Å². The Kier molecular flexibility index (Phi) is 6.24. The molecule has 0 heterocycles. The van der Waals surface area contributed by atoms with Crippen molar-refractivity contribution in [2.45, 2.75) is 33.1 Å². The minimum absolute atomic E-state index is 0.398. The number of allylic oxidation sites excluding steroid dienone is 4. The topological polar surface area (TPSA) is 12.0 Å². The van der Waals surface area contributed by atoms with Crippen LogP contribution in [0.2, 0.25) is 0 Å². The smallest absolute Gasteiger partial charge is 0.0424 e. The lowest BCUT2D eigenvalue weighted by molar-refractivity contribution is 0.690. The van der Waals surface area contributed by atoms with E-state index >= 15 is 0 Å². The van der Waals surface area contributed by atoms with Crippen molar-refractivity contribution < 1.29 is 0 Å². The minimum atomic E-state index is -0.398. The zero-order valence-corrected chi connectivity index (χ0v) is 21.6. The second-order valence-electron chi connectivity index (χ2n) is 9.92. The fourth-order valence-corrected chi connectivity index (χ4v) is 5.31. The van der Waals surface area contributed by atoms with Crippen molar-refractivity contribution in [2.75, 3.05) is 5.32 Å². The van der Waals surface area contributed by atoms with E-state index in [1.54, 1.807) is 0 Å². The van der Waals surface area contributed by atoms with E-state index in [1.807, 2.05) is 0 Å². The molecule has 1 atom stereocenters. The van der Waals surface area contributed by atoms with Crippen molar-refractivity contribution in [1.82, 2.24) is 0 Å². The summed E-state index contributed by atoms with van der Waals surface area (Å²) in [7, 11) is 0. The van der Waals surface area contributed by atoms with E-state index in [0.29, 0.717) is 0 Å². The molecule has 0 spiro atoms. The molecule has 1 aliphatic carbocycles. The van der Waals surface area contributed by atoms with Gasteiger partial charge in [0.25, 0.3) is 0 Å². The van der Waals surface area contributed by atoms with Crippen LogP contribution in [-0.2, 0) is 5.41 Å². The zero-order valence-electron chi connectivity index (χ0n) is 21.6. The van der Waals surface area contributed by atoms with Crippen molar-refractivity contribution in [3.63, 3.8) is 0 Å². The molecule has 5 rings (SSSR count). The van der Waals surface area contributed by atoms with Gasteiger partial charge in [0, 0.05) is 16.8 Å². The number of hydrogen-bond donors (Lipinski definition) is 1. The van der Waals surface area contributed by atoms with E-state index in [9.17, 15) is 0 Å². The summed E-state index contributed by atoms with van der Waals surface area (Å²) in [5.74, 6) is 0. The second-order valence-corrected chi connectivity index (χ2v) is 9.92. The maximum absolute atomic E-state index is 4.59. The number of rotatable bonds is 4. The Morgan fingerprint density at radius 1 is 0.667 bits per heavy atom. The standard InChI is InChI=1S/C35H33N/c1-24-13-9-11-17-30(24)34-26(3)19-20-27(4)35(5,28-15-7-6-8-16-28)32-23-29(21-22-31(32)34)36-33-18-12-10-14-25(33)2/h6-23,36H,4H2,1-3,5H3/b20-19-,34-26-. The molecule has 1 heteroatoms. The molecule has 0 aromatic heterocycles. The van der Waals surface area contributed by atoms with Gasteiger partial charge in [-0.05, 0) is 96.0 Å². The fraction of sp³-hybridized carbons (Fsp3) is 0.143. The normalized spacial score (nSPS) is 20.3. The monoisotopic (exact) mass is 467 g/mol. The molecular weight excluding hydrogens is 434 g/mol. The van der Waals surface area contributed by atoms with Gasteiger partial charge in [-0.15, -0.1) is 0 Å². The maximum Gasteiger partial charge on any atom is 0.0424 e. The van der Waals surface area contributed by atoms with Crippen molar-refractivity contribution in [3.8, 4) is 0 Å². The lowest BCUT2D eigenvalue weighted by atomic mass is 9.67. The van der Waals surface area contributed by atoms with Crippen LogP contribution in [0, 0.1) is 13.8 Å². The largest absolute Gasteiger partial charge is 0.355 e. The Labute approximate surface area is 215 Å². The Hall–Kier alpha value is -4.10. The third kappa shape index (κ3) is 4.12. The SMILES string of the molecule is C=C1/C=C\C(C)=C(\c2ccccc2C)c2ccc(Nc3ccccc3C)cc2C1(C)c1ccccc1. The zero-order chi connectivity index (χ0) is 25.3. The summed E-state index contributed by atoms with van der Waals surface area (Å²) in [5.41, 5.74) is 12.9. The fourth-order valence-electron chi connectivity index (χ4n) is 5.31. The second kappa shape index (κ2) is 9.51. The molecular formula is C35H33N. The van der Waals surface area contributed by atoms with Gasteiger partial charge in [-0.25, -0.2) is 0 Å². The molecule has 1 N–H and O–H groups in total. The predicted molar refractivity (Wildman–Crippen MR) is 155 cm³/mol. The van der Waals surface area contributed by atoms with E-state index in [1.165, 1.54) is 44.5 Å². The van der Waals surface area contributed by atoms with Gasteiger partial charge in [0.2, 0.25) is 0 Å². The summed E-state index contributed by atoms with van der Waals surface area (Å²) in [6, 6.07) is 34.7. The van der Waals surface area contributed by atoms with Gasteiger partial charge in [0.1, 0.15) is 0 Å². The van der Waals surface area contributed by atoms with Crippen LogP contribution >= 0.6 is 0 Å². The number of anilines is 2. The molecule has 0 amide bonds. The Balaban J connectivity index is 1.80. The number of nitrogens with one attached hydrogen (secondary N) is 1. The molecule has 0 saturated carbocycles. The molecule has 1 unspecified atom stereocenters. The average Bonchev–Trinajstić information content (AvgIpc) is 2.90. The number of aryl methyl sites for hydroxylation is 2. The summed E-state index contributed by atoms with van der Waals surface area (Å²) in [4.78, 5) is 0. The lowest BCUT2D eigenvalue weighted by Crippen LogP contribution is -2.28. The minimum Gasteiger partial charge on any atom is -0.355 e. The average molecular weight is 468 g/mol. The first-order valence-electron chi connectivity index (χ1n) is 12.6. The number of fused-ring (bicyclic) bond motifs is 1.